The Morgan fingerprint density at radius 3 is 2.53 bits per heavy atom. The van der Waals surface area contributed by atoms with Crippen LogP contribution in [0.1, 0.15) is 33.6 Å². The lowest BCUT2D eigenvalue weighted by molar-refractivity contribution is -0.150. The van der Waals surface area contributed by atoms with E-state index in [1.807, 2.05) is 48.5 Å². The van der Waals surface area contributed by atoms with Gasteiger partial charge in [-0.05, 0) is 72.9 Å². The van der Waals surface area contributed by atoms with Gasteiger partial charge in [0.2, 0.25) is 0 Å². The number of rotatable bonds is 5. The molecule has 3 aromatic carbocycles. The third-order valence-electron chi connectivity index (χ3n) is 6.42. The van der Waals surface area contributed by atoms with Gasteiger partial charge < -0.3 is 9.47 Å². The topological polar surface area (TPSA) is 57.5 Å². The number of fused-ring (bicyclic) bond motifs is 3. The van der Waals surface area contributed by atoms with Crippen LogP contribution in [0.2, 0.25) is 5.02 Å². The average molecular weight is 474 g/mol. The molecule has 0 fully saturated rings. The van der Waals surface area contributed by atoms with Crippen molar-refractivity contribution >= 4 is 34.4 Å². The number of carbonyl (C=O) groups is 2. The zero-order valence-electron chi connectivity index (χ0n) is 18.8. The minimum Gasteiger partial charge on any atom is -0.497 e. The van der Waals surface area contributed by atoms with Crippen molar-refractivity contribution in [2.75, 3.05) is 7.11 Å². The summed E-state index contributed by atoms with van der Waals surface area (Å²) in [4.78, 5) is 26.4. The zero-order valence-corrected chi connectivity index (χ0v) is 19.5. The molecule has 1 unspecified atom stereocenters. The van der Waals surface area contributed by atoms with Crippen LogP contribution in [0.5, 0.6) is 5.75 Å². The monoisotopic (exact) mass is 473 g/mol. The summed E-state index contributed by atoms with van der Waals surface area (Å²) in [5.74, 6) is 0.132. The van der Waals surface area contributed by atoms with E-state index in [0.29, 0.717) is 35.6 Å². The number of benzene rings is 3. The maximum absolute atomic E-state index is 13.5. The van der Waals surface area contributed by atoms with E-state index in [-0.39, 0.29) is 24.4 Å². The smallest absolute Gasteiger partial charge is 0.309 e. The SMILES string of the molecule is COc1ccc2c(c1)c1c(n2C(=O)c2ccc(Cl)cc2)CCC(C(=O)OCc2ccccc2)C1. The van der Waals surface area contributed by atoms with Gasteiger partial charge in [0.15, 0.2) is 0 Å². The third kappa shape index (κ3) is 4.19. The summed E-state index contributed by atoms with van der Waals surface area (Å²) in [6, 6.07) is 22.3. The molecule has 1 heterocycles. The molecule has 0 bridgehead atoms. The van der Waals surface area contributed by atoms with Crippen molar-refractivity contribution < 1.29 is 19.1 Å². The number of hydrogen-bond donors (Lipinski definition) is 0. The minimum absolute atomic E-state index is 0.113. The van der Waals surface area contributed by atoms with Crippen LogP contribution < -0.4 is 4.74 Å². The van der Waals surface area contributed by atoms with Gasteiger partial charge in [-0.3, -0.25) is 14.2 Å². The molecule has 5 nitrogen and oxygen atoms in total. The molecule has 0 saturated carbocycles. The summed E-state index contributed by atoms with van der Waals surface area (Å²) >= 11 is 6.02. The first kappa shape index (κ1) is 22.2. The van der Waals surface area contributed by atoms with E-state index < -0.39 is 0 Å². The summed E-state index contributed by atoms with van der Waals surface area (Å²) in [7, 11) is 1.62. The van der Waals surface area contributed by atoms with Crippen molar-refractivity contribution in [3.05, 3.63) is 100 Å². The molecule has 6 heteroatoms. The second-order valence-corrected chi connectivity index (χ2v) is 8.93. The maximum Gasteiger partial charge on any atom is 0.309 e. The molecule has 5 rings (SSSR count). The fraction of sp³-hybridized carbons (Fsp3) is 0.214. The van der Waals surface area contributed by atoms with Crippen molar-refractivity contribution in [3.63, 3.8) is 0 Å². The molecule has 172 valence electrons. The number of hydrogen-bond acceptors (Lipinski definition) is 4. The lowest BCUT2D eigenvalue weighted by Crippen LogP contribution is -2.26. The fourth-order valence-corrected chi connectivity index (χ4v) is 4.79. The molecule has 0 radical (unpaired) electrons. The Balaban J connectivity index is 1.48. The molecule has 34 heavy (non-hydrogen) atoms. The summed E-state index contributed by atoms with van der Waals surface area (Å²) in [6.45, 7) is 0.258. The predicted molar refractivity (Wildman–Crippen MR) is 131 cm³/mol. The second kappa shape index (κ2) is 9.35. The van der Waals surface area contributed by atoms with E-state index in [9.17, 15) is 9.59 Å². The highest BCUT2D eigenvalue weighted by Crippen LogP contribution is 2.37. The van der Waals surface area contributed by atoms with Crippen molar-refractivity contribution in [1.82, 2.24) is 4.57 Å². The summed E-state index contributed by atoms with van der Waals surface area (Å²) in [5, 5.41) is 1.51. The first-order valence-corrected chi connectivity index (χ1v) is 11.6. The lowest BCUT2D eigenvalue weighted by atomic mass is 9.86. The van der Waals surface area contributed by atoms with Crippen LogP contribution in [0.15, 0.2) is 72.8 Å². The third-order valence-corrected chi connectivity index (χ3v) is 6.67. The highest BCUT2D eigenvalue weighted by Gasteiger charge is 2.32. The summed E-state index contributed by atoms with van der Waals surface area (Å²) < 4.78 is 12.8. The van der Waals surface area contributed by atoms with E-state index in [4.69, 9.17) is 21.1 Å². The van der Waals surface area contributed by atoms with Crippen molar-refractivity contribution in [2.45, 2.75) is 25.9 Å². The van der Waals surface area contributed by atoms with Crippen LogP contribution in [0.3, 0.4) is 0 Å². The number of ether oxygens (including phenoxy) is 2. The van der Waals surface area contributed by atoms with Crippen LogP contribution in [-0.4, -0.2) is 23.6 Å². The standard InChI is InChI=1S/C28H24ClNO4/c1-33-22-12-14-26-24(16-22)23-15-20(28(32)34-17-18-5-3-2-4-6-18)9-13-25(23)30(26)27(31)19-7-10-21(29)11-8-19/h2-8,10-12,14,16,20H,9,13,15,17H2,1H3. The van der Waals surface area contributed by atoms with E-state index in [0.717, 1.165) is 27.7 Å². The molecule has 0 N–H and O–H groups in total. The molecule has 4 aromatic rings. The molecule has 0 aliphatic heterocycles. The van der Waals surface area contributed by atoms with Crippen molar-refractivity contribution in [1.29, 1.82) is 0 Å². The van der Waals surface area contributed by atoms with E-state index >= 15 is 0 Å². The van der Waals surface area contributed by atoms with Crippen molar-refractivity contribution in [2.24, 2.45) is 5.92 Å². The van der Waals surface area contributed by atoms with Gasteiger partial charge in [0.05, 0.1) is 18.5 Å². The van der Waals surface area contributed by atoms with E-state index in [2.05, 4.69) is 0 Å². The maximum atomic E-state index is 13.5. The van der Waals surface area contributed by atoms with Gasteiger partial charge >= 0.3 is 5.97 Å². The zero-order chi connectivity index (χ0) is 23.7. The molecular formula is C28H24ClNO4. The Bertz CT molecular complexity index is 1360. The van der Waals surface area contributed by atoms with Crippen LogP contribution in [-0.2, 0) is 29.0 Å². The summed E-state index contributed by atoms with van der Waals surface area (Å²) in [5.41, 5.74) is 4.27. The highest BCUT2D eigenvalue weighted by atomic mass is 35.5. The number of aromatic nitrogens is 1. The molecule has 1 aliphatic rings. The van der Waals surface area contributed by atoms with E-state index in [1.54, 1.807) is 35.9 Å². The van der Waals surface area contributed by atoms with Crippen LogP contribution in [0.4, 0.5) is 0 Å². The first-order valence-electron chi connectivity index (χ1n) is 11.3. The number of nitrogens with zero attached hydrogens (tertiary/aromatic N) is 1. The Kier molecular flexibility index (Phi) is 6.12. The molecule has 0 spiro atoms. The first-order chi connectivity index (χ1) is 16.5. The van der Waals surface area contributed by atoms with Crippen molar-refractivity contribution in [3.8, 4) is 5.75 Å². The fourth-order valence-electron chi connectivity index (χ4n) is 4.67. The van der Waals surface area contributed by atoms with Gasteiger partial charge in [-0.25, -0.2) is 0 Å². The number of halogens is 1. The van der Waals surface area contributed by atoms with E-state index in [1.165, 1.54) is 0 Å². The Labute approximate surface area is 202 Å². The molecule has 1 aliphatic carbocycles. The van der Waals surface area contributed by atoms with Crippen LogP contribution >= 0.6 is 11.6 Å². The Morgan fingerprint density at radius 2 is 1.79 bits per heavy atom. The number of esters is 1. The second-order valence-electron chi connectivity index (χ2n) is 8.49. The minimum atomic E-state index is -0.257. The number of methoxy groups -OCH3 is 1. The lowest BCUT2D eigenvalue weighted by Gasteiger charge is -2.22. The van der Waals surface area contributed by atoms with Gasteiger partial charge in [-0.15, -0.1) is 0 Å². The van der Waals surface area contributed by atoms with Crippen LogP contribution in [0, 0.1) is 5.92 Å². The molecule has 1 atom stereocenters. The summed E-state index contributed by atoms with van der Waals surface area (Å²) in [6.07, 6.45) is 1.76. The molecular weight excluding hydrogens is 450 g/mol. The van der Waals surface area contributed by atoms with Gasteiger partial charge in [0.1, 0.15) is 12.4 Å². The van der Waals surface area contributed by atoms with Gasteiger partial charge in [0.25, 0.3) is 5.91 Å². The Hall–Kier alpha value is -3.57. The normalized spacial score (nSPS) is 15.1. The molecule has 1 aromatic heterocycles. The van der Waals surface area contributed by atoms with Gasteiger partial charge in [-0.1, -0.05) is 41.9 Å². The Morgan fingerprint density at radius 1 is 1.03 bits per heavy atom. The molecule has 0 saturated heterocycles. The van der Waals surface area contributed by atoms with Gasteiger partial charge in [0, 0.05) is 21.7 Å². The average Bonchev–Trinajstić information content (AvgIpc) is 3.20. The quantitative estimate of drug-likeness (QED) is 0.342. The van der Waals surface area contributed by atoms with Gasteiger partial charge in [-0.2, -0.15) is 0 Å². The number of carbonyl (C=O) groups excluding carboxylic acids is 2. The highest BCUT2D eigenvalue weighted by molar-refractivity contribution is 6.30. The molecule has 0 amide bonds. The predicted octanol–water partition coefficient (Wildman–Crippen LogP) is 5.84. The largest absolute Gasteiger partial charge is 0.497 e. The van der Waals surface area contributed by atoms with Crippen LogP contribution in [0.25, 0.3) is 10.9 Å².